The highest BCUT2D eigenvalue weighted by Crippen LogP contribution is 1.60. The Labute approximate surface area is 63.9 Å². The average molecular weight is 147 g/mol. The van der Waals surface area contributed by atoms with Gasteiger partial charge in [0.25, 0.3) is 0 Å². The molecule has 0 heterocycles. The molecule has 0 bridgehead atoms. The van der Waals surface area contributed by atoms with Crippen LogP contribution in [0, 0.1) is 0 Å². The van der Waals surface area contributed by atoms with Crippen molar-refractivity contribution in [3.8, 4) is 0 Å². The first-order valence-electron chi connectivity index (χ1n) is 2.13. The van der Waals surface area contributed by atoms with E-state index in [4.69, 9.17) is 11.6 Å². The highest BCUT2D eigenvalue weighted by molar-refractivity contribution is 6.25. The van der Waals surface area contributed by atoms with Crippen LogP contribution in [0.15, 0.2) is 51.6 Å². The Bertz CT molecular complexity index is 28.8. The van der Waals surface area contributed by atoms with Gasteiger partial charge in [0, 0.05) is 0 Å². The Balaban J connectivity index is -0.0000000190. The first-order chi connectivity index (χ1) is 4.41. The van der Waals surface area contributed by atoms with Gasteiger partial charge in [0.05, 0.1) is 0 Å². The molecule has 0 spiro atoms. The minimum absolute atomic E-state index is 1.22. The van der Waals surface area contributed by atoms with Crippen LogP contribution in [0.2, 0.25) is 0 Å². The molecular formula is C8H15Cl. The summed E-state index contributed by atoms with van der Waals surface area (Å²) in [4.78, 5) is 0. The van der Waals surface area contributed by atoms with E-state index in [2.05, 4.69) is 46.1 Å². The van der Waals surface area contributed by atoms with Crippen LogP contribution in [0.25, 0.3) is 0 Å². The molecule has 0 amide bonds. The molecule has 0 radical (unpaired) electrons. The second kappa shape index (κ2) is 4530. The fourth-order valence-corrected chi connectivity index (χ4v) is 0. The SMILES string of the molecule is C=C.C=C.C=C.C=CCl. The number of hydrogen-bond donors (Lipinski definition) is 0. The zero-order chi connectivity index (χ0) is 8.71. The van der Waals surface area contributed by atoms with E-state index in [0.717, 1.165) is 0 Å². The lowest BCUT2D eigenvalue weighted by molar-refractivity contribution is 2.63. The third-order valence-corrected chi connectivity index (χ3v) is 0. The van der Waals surface area contributed by atoms with Gasteiger partial charge in [-0.3, -0.25) is 0 Å². The maximum atomic E-state index is 4.76. The minimum atomic E-state index is 1.22. The zero-order valence-electron chi connectivity index (χ0n) is 5.91. The molecule has 0 saturated heterocycles. The quantitative estimate of drug-likeness (QED) is 0.457. The van der Waals surface area contributed by atoms with Crippen molar-refractivity contribution >= 4 is 11.6 Å². The Morgan fingerprint density at radius 2 is 0.778 bits per heavy atom. The largest absolute Gasteiger partial charge is 0.106 e. The molecule has 0 aliphatic rings. The Morgan fingerprint density at radius 1 is 0.778 bits per heavy atom. The fourth-order valence-electron chi connectivity index (χ4n) is 0. The molecule has 0 atom stereocenters. The monoisotopic (exact) mass is 146 g/mol. The molecule has 0 saturated carbocycles. The summed E-state index contributed by atoms with van der Waals surface area (Å²) < 4.78 is 0. The van der Waals surface area contributed by atoms with E-state index in [1.54, 1.807) is 0 Å². The highest BCUT2D eigenvalue weighted by Gasteiger charge is 1.18. The number of halogens is 1. The fraction of sp³-hybridized carbons (Fsp3) is 0. The van der Waals surface area contributed by atoms with Gasteiger partial charge in [-0.05, 0) is 5.54 Å². The molecule has 0 aromatic heterocycles. The van der Waals surface area contributed by atoms with Crippen molar-refractivity contribution in [2.45, 2.75) is 0 Å². The van der Waals surface area contributed by atoms with Crippen molar-refractivity contribution in [3.63, 3.8) is 0 Å². The van der Waals surface area contributed by atoms with Crippen LogP contribution in [-0.2, 0) is 0 Å². The lowest BCUT2D eigenvalue weighted by Gasteiger charge is -1.27. The molecule has 0 aromatic rings. The molecule has 0 aliphatic carbocycles. The smallest absolute Gasteiger partial charge is 0.00296 e. The van der Waals surface area contributed by atoms with Gasteiger partial charge in [-0.1, -0.05) is 18.2 Å². The van der Waals surface area contributed by atoms with E-state index in [9.17, 15) is 0 Å². The molecule has 0 nitrogen and oxygen atoms in total. The normalized spacial score (nSPS) is 2.78. The predicted octanol–water partition coefficient (Wildman–Crippen LogP) is 3.78. The Hall–Kier alpha value is -0.750. The molecule has 0 aromatic carbocycles. The van der Waals surface area contributed by atoms with Gasteiger partial charge in [-0.2, -0.15) is 0 Å². The van der Waals surface area contributed by atoms with Crippen LogP contribution in [0.4, 0.5) is 0 Å². The summed E-state index contributed by atoms with van der Waals surface area (Å²) in [5.41, 5.74) is 1.22. The van der Waals surface area contributed by atoms with E-state index >= 15 is 0 Å². The maximum Gasteiger partial charge on any atom is -0.00296 e. The second-order valence-corrected chi connectivity index (χ2v) is 0.463. The maximum absolute atomic E-state index is 4.76. The zero-order valence-corrected chi connectivity index (χ0v) is 6.66. The van der Waals surface area contributed by atoms with Gasteiger partial charge in [0.1, 0.15) is 0 Å². The van der Waals surface area contributed by atoms with Gasteiger partial charge in [-0.15, -0.1) is 39.5 Å². The topological polar surface area (TPSA) is 0 Å². The van der Waals surface area contributed by atoms with Crippen LogP contribution in [0.3, 0.4) is 0 Å². The minimum Gasteiger partial charge on any atom is -0.106 e. The van der Waals surface area contributed by atoms with Gasteiger partial charge >= 0.3 is 0 Å². The van der Waals surface area contributed by atoms with Gasteiger partial charge in [0.15, 0.2) is 0 Å². The summed E-state index contributed by atoms with van der Waals surface area (Å²) in [5, 5.41) is 0. The van der Waals surface area contributed by atoms with Crippen molar-refractivity contribution in [1.82, 2.24) is 0 Å². The molecule has 0 rings (SSSR count). The van der Waals surface area contributed by atoms with Crippen molar-refractivity contribution < 1.29 is 0 Å². The van der Waals surface area contributed by atoms with Crippen LogP contribution < -0.4 is 0 Å². The van der Waals surface area contributed by atoms with Crippen LogP contribution in [0.5, 0.6) is 0 Å². The standard InChI is InChI=1S/C2H3Cl.3C2H4/c1-2-3;3*1-2/h2H,1H2;3*1-2H2. The summed E-state index contributed by atoms with van der Waals surface area (Å²) in [6, 6.07) is 0. The summed E-state index contributed by atoms with van der Waals surface area (Å²) in [5.74, 6) is 0. The average Bonchev–Trinajstić information content (AvgIpc) is 2.01. The summed E-state index contributed by atoms with van der Waals surface area (Å²) in [7, 11) is 0. The Morgan fingerprint density at radius 3 is 0.778 bits per heavy atom. The van der Waals surface area contributed by atoms with E-state index < -0.39 is 0 Å². The third kappa shape index (κ3) is 355. The molecule has 0 unspecified atom stereocenters. The van der Waals surface area contributed by atoms with Crippen LogP contribution in [0.1, 0.15) is 0 Å². The first-order valence-corrected chi connectivity index (χ1v) is 2.56. The molecular weight excluding hydrogens is 132 g/mol. The van der Waals surface area contributed by atoms with Crippen molar-refractivity contribution in [3.05, 3.63) is 51.6 Å². The third-order valence-electron chi connectivity index (χ3n) is 0. The summed E-state index contributed by atoms with van der Waals surface area (Å²) in [6.45, 7) is 21.1. The van der Waals surface area contributed by atoms with E-state index in [-0.39, 0.29) is 0 Å². The van der Waals surface area contributed by atoms with E-state index in [1.807, 2.05) is 0 Å². The first kappa shape index (κ1) is 24.0. The van der Waals surface area contributed by atoms with Crippen LogP contribution >= 0.6 is 11.6 Å². The molecule has 0 aliphatic heterocycles. The van der Waals surface area contributed by atoms with E-state index in [1.165, 1.54) is 5.54 Å². The number of hydrogen-bond acceptors (Lipinski definition) is 0. The van der Waals surface area contributed by atoms with Crippen molar-refractivity contribution in [1.29, 1.82) is 0 Å². The Kier molecular flexibility index (Phi) is 12100. The molecule has 0 fully saturated rings. The molecule has 54 valence electrons. The van der Waals surface area contributed by atoms with Gasteiger partial charge in [-0.25, -0.2) is 0 Å². The second-order valence-electron chi connectivity index (χ2n) is 0.154. The lowest BCUT2D eigenvalue weighted by Crippen LogP contribution is -0.926. The highest BCUT2D eigenvalue weighted by atomic mass is 35.5. The number of rotatable bonds is 0. The molecule has 9 heavy (non-hydrogen) atoms. The van der Waals surface area contributed by atoms with Gasteiger partial charge in [0.2, 0.25) is 0 Å². The predicted molar refractivity (Wildman–Crippen MR) is 49.8 cm³/mol. The van der Waals surface area contributed by atoms with Crippen molar-refractivity contribution in [2.75, 3.05) is 0 Å². The van der Waals surface area contributed by atoms with Crippen LogP contribution in [-0.4, -0.2) is 0 Å². The van der Waals surface area contributed by atoms with Crippen molar-refractivity contribution in [2.24, 2.45) is 0 Å². The lowest BCUT2D eigenvalue weighted by atomic mass is 11.3. The summed E-state index contributed by atoms with van der Waals surface area (Å²) >= 11 is 4.76. The summed E-state index contributed by atoms with van der Waals surface area (Å²) in [6.07, 6.45) is 0. The van der Waals surface area contributed by atoms with E-state index in [0.29, 0.717) is 0 Å². The van der Waals surface area contributed by atoms with Gasteiger partial charge < -0.3 is 0 Å². The molecule has 0 N–H and O–H groups in total. The molecule has 1 heteroatoms.